The average Bonchev–Trinajstić information content (AvgIpc) is 2.68. The molecule has 0 aliphatic carbocycles. The van der Waals surface area contributed by atoms with Gasteiger partial charge in [-0.3, -0.25) is 4.79 Å². The molecule has 0 aromatic rings. The third kappa shape index (κ3) is 25.0. The summed E-state index contributed by atoms with van der Waals surface area (Å²) in [6.45, 7) is 13.6. The second-order valence-corrected chi connectivity index (χ2v) is 12.7. The fraction of sp³-hybridized carbons (Fsp3) is 0.962. The Labute approximate surface area is 210 Å². The smallest absolute Gasteiger partial charge is 0.324 e. The molecule has 0 spiro atoms. The molecular weight excluding hydrogens is 455 g/mol. The summed E-state index contributed by atoms with van der Waals surface area (Å²) in [6, 6.07) is 0. The van der Waals surface area contributed by atoms with Crippen molar-refractivity contribution in [2.75, 3.05) is 5.75 Å². The molecular formula is C26H55O5PS. The fourth-order valence-corrected chi connectivity index (χ4v) is 5.36. The molecule has 0 atom stereocenters. The first kappa shape index (κ1) is 35.3. The van der Waals surface area contributed by atoms with Crippen LogP contribution in [0.3, 0.4) is 0 Å². The summed E-state index contributed by atoms with van der Waals surface area (Å²) in [5.74, 6) is 2.72. The quantitative estimate of drug-likeness (QED) is 0.0974. The lowest BCUT2D eigenvalue weighted by molar-refractivity contribution is -0.140. The summed E-state index contributed by atoms with van der Waals surface area (Å²) in [4.78, 5) is 34.0. The molecule has 0 fully saturated rings. The van der Waals surface area contributed by atoms with Crippen molar-refractivity contribution < 1.29 is 24.6 Å². The molecule has 0 aromatic carbocycles. The maximum Gasteiger partial charge on any atom is 0.324 e. The van der Waals surface area contributed by atoms with E-state index in [4.69, 9.17) is 14.7 Å². The van der Waals surface area contributed by atoms with E-state index < -0.39 is 19.3 Å². The van der Waals surface area contributed by atoms with Crippen molar-refractivity contribution in [1.29, 1.82) is 0 Å². The highest BCUT2D eigenvalue weighted by Gasteiger charge is 2.37. The molecule has 0 unspecified atom stereocenters. The zero-order valence-corrected chi connectivity index (χ0v) is 24.1. The SMILES string of the molecule is CC(C)CCCCCSC(CCCCCC(C)C)(CCCCCC(C)C)C(=O)O.OP(O)O. The molecule has 0 aromatic heterocycles. The van der Waals surface area contributed by atoms with E-state index in [2.05, 4.69) is 41.5 Å². The Morgan fingerprint density at radius 2 is 1.00 bits per heavy atom. The van der Waals surface area contributed by atoms with Crippen molar-refractivity contribution >= 4 is 26.3 Å². The zero-order valence-electron chi connectivity index (χ0n) is 22.4. The molecule has 0 rings (SSSR count). The van der Waals surface area contributed by atoms with E-state index in [1.54, 1.807) is 11.8 Å². The van der Waals surface area contributed by atoms with Crippen LogP contribution in [0.5, 0.6) is 0 Å². The highest BCUT2D eigenvalue weighted by Crippen LogP contribution is 2.38. The molecule has 0 heterocycles. The topological polar surface area (TPSA) is 98.0 Å². The van der Waals surface area contributed by atoms with E-state index >= 15 is 0 Å². The molecule has 0 saturated heterocycles. The van der Waals surface area contributed by atoms with Crippen LogP contribution in [-0.2, 0) is 4.79 Å². The van der Waals surface area contributed by atoms with Gasteiger partial charge in [0.25, 0.3) is 0 Å². The van der Waals surface area contributed by atoms with Crippen molar-refractivity contribution in [2.45, 2.75) is 136 Å². The van der Waals surface area contributed by atoms with Gasteiger partial charge in [-0.25, -0.2) is 0 Å². The standard InChI is InChI=1S/C26H52O2S.H3O3P/c1-22(2)16-10-7-13-19-26(25(27)28,20-14-8-11-17-23(3)4)29-21-15-9-12-18-24(5)6;1-4(2)3/h22-24H,7-21H2,1-6H3,(H,27,28);1-3H. The lowest BCUT2D eigenvalue weighted by Crippen LogP contribution is -2.35. The van der Waals surface area contributed by atoms with Crippen molar-refractivity contribution in [2.24, 2.45) is 17.8 Å². The second kappa shape index (κ2) is 22.6. The van der Waals surface area contributed by atoms with Gasteiger partial charge in [0.1, 0.15) is 4.75 Å². The molecule has 0 radical (unpaired) electrons. The molecule has 200 valence electrons. The minimum absolute atomic E-state index is 0.548. The maximum atomic E-state index is 12.4. The van der Waals surface area contributed by atoms with E-state index in [0.717, 1.165) is 55.6 Å². The summed E-state index contributed by atoms with van der Waals surface area (Å²) < 4.78 is -0.548. The number of rotatable bonds is 20. The number of carboxylic acid groups (broad SMARTS) is 1. The van der Waals surface area contributed by atoms with Crippen LogP contribution in [0.4, 0.5) is 0 Å². The van der Waals surface area contributed by atoms with Gasteiger partial charge in [0.15, 0.2) is 0 Å². The molecule has 0 aliphatic heterocycles. The van der Waals surface area contributed by atoms with Crippen molar-refractivity contribution in [3.05, 3.63) is 0 Å². The van der Waals surface area contributed by atoms with Crippen molar-refractivity contribution in [3.8, 4) is 0 Å². The molecule has 0 aliphatic rings. The van der Waals surface area contributed by atoms with Gasteiger partial charge >= 0.3 is 14.6 Å². The molecule has 0 saturated carbocycles. The first-order valence-electron chi connectivity index (χ1n) is 13.2. The van der Waals surface area contributed by atoms with E-state index in [-0.39, 0.29) is 0 Å². The van der Waals surface area contributed by atoms with Gasteiger partial charge in [-0.2, -0.15) is 0 Å². The van der Waals surface area contributed by atoms with Gasteiger partial charge in [-0.05, 0) is 42.8 Å². The van der Waals surface area contributed by atoms with Crippen LogP contribution in [0.2, 0.25) is 0 Å². The first-order chi connectivity index (χ1) is 15.4. The predicted molar refractivity (Wildman–Crippen MR) is 146 cm³/mol. The summed E-state index contributed by atoms with van der Waals surface area (Å²) in [5.41, 5.74) is 0. The molecule has 5 nitrogen and oxygen atoms in total. The monoisotopic (exact) mass is 510 g/mol. The van der Waals surface area contributed by atoms with Crippen LogP contribution >= 0.6 is 20.4 Å². The third-order valence-electron chi connectivity index (χ3n) is 5.92. The van der Waals surface area contributed by atoms with Crippen LogP contribution in [0.1, 0.15) is 131 Å². The molecule has 4 N–H and O–H groups in total. The third-order valence-corrected chi connectivity index (χ3v) is 7.55. The number of carboxylic acids is 1. The molecule has 0 amide bonds. The lowest BCUT2D eigenvalue weighted by Gasteiger charge is -2.29. The van der Waals surface area contributed by atoms with Crippen LogP contribution < -0.4 is 0 Å². The summed E-state index contributed by atoms with van der Waals surface area (Å²) in [7, 11) is -2.62. The summed E-state index contributed by atoms with van der Waals surface area (Å²) in [6.07, 6.45) is 16.1. The van der Waals surface area contributed by atoms with Gasteiger partial charge in [0, 0.05) is 0 Å². The van der Waals surface area contributed by atoms with E-state index in [1.165, 1.54) is 57.8 Å². The predicted octanol–water partition coefficient (Wildman–Crippen LogP) is 8.16. The first-order valence-corrected chi connectivity index (χ1v) is 15.4. The Morgan fingerprint density at radius 3 is 1.30 bits per heavy atom. The largest absolute Gasteiger partial charge is 0.480 e. The minimum Gasteiger partial charge on any atom is -0.480 e. The number of hydrogen-bond acceptors (Lipinski definition) is 5. The molecule has 33 heavy (non-hydrogen) atoms. The fourth-order valence-electron chi connectivity index (χ4n) is 3.92. The number of carbonyl (C=O) groups is 1. The Bertz CT molecular complexity index is 424. The average molecular weight is 511 g/mol. The van der Waals surface area contributed by atoms with Crippen LogP contribution in [0.25, 0.3) is 0 Å². The Morgan fingerprint density at radius 1 is 0.667 bits per heavy atom. The van der Waals surface area contributed by atoms with Crippen LogP contribution in [-0.4, -0.2) is 36.3 Å². The number of aliphatic carboxylic acids is 1. The van der Waals surface area contributed by atoms with Gasteiger partial charge < -0.3 is 19.8 Å². The van der Waals surface area contributed by atoms with Gasteiger partial charge in [0.2, 0.25) is 0 Å². The maximum absolute atomic E-state index is 12.4. The normalized spacial score (nSPS) is 12.0. The second-order valence-electron chi connectivity index (χ2n) is 10.6. The van der Waals surface area contributed by atoms with Crippen LogP contribution in [0, 0.1) is 17.8 Å². The zero-order chi connectivity index (χ0) is 25.7. The van der Waals surface area contributed by atoms with E-state index in [9.17, 15) is 9.90 Å². The minimum atomic E-state index is -2.62. The number of hydrogen-bond donors (Lipinski definition) is 4. The van der Waals surface area contributed by atoms with E-state index in [1.807, 2.05) is 0 Å². The Kier molecular flexibility index (Phi) is 24.2. The summed E-state index contributed by atoms with van der Waals surface area (Å²) >= 11 is 1.77. The molecule has 7 heteroatoms. The number of unbranched alkanes of at least 4 members (excludes halogenated alkanes) is 6. The van der Waals surface area contributed by atoms with Gasteiger partial charge in [-0.15, -0.1) is 11.8 Å². The summed E-state index contributed by atoms with van der Waals surface area (Å²) in [5, 5.41) is 10.2. The Hall–Kier alpha value is 0.130. The Balaban J connectivity index is 0. The van der Waals surface area contributed by atoms with Crippen molar-refractivity contribution in [1.82, 2.24) is 0 Å². The van der Waals surface area contributed by atoms with Crippen molar-refractivity contribution in [3.63, 3.8) is 0 Å². The highest BCUT2D eigenvalue weighted by molar-refractivity contribution is 8.01. The molecule has 0 bridgehead atoms. The van der Waals surface area contributed by atoms with Crippen LogP contribution in [0.15, 0.2) is 0 Å². The lowest BCUT2D eigenvalue weighted by atomic mass is 9.92. The number of thioether (sulfide) groups is 1. The van der Waals surface area contributed by atoms with Gasteiger partial charge in [-0.1, -0.05) is 112 Å². The van der Waals surface area contributed by atoms with Gasteiger partial charge in [0.05, 0.1) is 0 Å². The highest BCUT2D eigenvalue weighted by atomic mass is 32.2. The van der Waals surface area contributed by atoms with E-state index in [0.29, 0.717) is 0 Å².